The van der Waals surface area contributed by atoms with Crippen molar-refractivity contribution in [1.82, 2.24) is 14.8 Å². The Hall–Kier alpha value is -2.96. The highest BCUT2D eigenvalue weighted by atomic mass is 19.1. The highest BCUT2D eigenvalue weighted by molar-refractivity contribution is 5.94. The molecule has 1 fully saturated rings. The molecule has 3 aromatic rings. The van der Waals surface area contributed by atoms with Gasteiger partial charge in [0.25, 0.3) is 5.91 Å². The van der Waals surface area contributed by atoms with Gasteiger partial charge in [-0.15, -0.1) is 0 Å². The molecule has 150 valence electrons. The van der Waals surface area contributed by atoms with Gasteiger partial charge in [-0.2, -0.15) is 0 Å². The zero-order valence-electron chi connectivity index (χ0n) is 16.1. The predicted molar refractivity (Wildman–Crippen MR) is 110 cm³/mol. The van der Waals surface area contributed by atoms with Crippen LogP contribution in [-0.2, 0) is 4.74 Å². The van der Waals surface area contributed by atoms with E-state index in [1.54, 1.807) is 12.1 Å². The Bertz CT molecular complexity index is 918. The number of benzene rings is 2. The van der Waals surface area contributed by atoms with E-state index in [0.717, 1.165) is 24.3 Å². The molecule has 0 radical (unpaired) electrons. The largest absolute Gasteiger partial charge is 0.379 e. The van der Waals surface area contributed by atoms with Crippen molar-refractivity contribution in [2.45, 2.75) is 6.04 Å². The van der Waals surface area contributed by atoms with Gasteiger partial charge < -0.3 is 14.6 Å². The summed E-state index contributed by atoms with van der Waals surface area (Å²) in [5, 5.41) is 3.04. The molecule has 1 atom stereocenters. The van der Waals surface area contributed by atoms with E-state index in [4.69, 9.17) is 4.74 Å². The Labute approximate surface area is 169 Å². The maximum atomic E-state index is 13.4. The summed E-state index contributed by atoms with van der Waals surface area (Å²) in [4.78, 5) is 15.0. The van der Waals surface area contributed by atoms with Gasteiger partial charge in [0.1, 0.15) is 5.82 Å². The SMILES string of the molecule is O=C(NCC(c1ccc(F)cc1)N1CCOCC1)c1ccc(-n2cccc2)cc1. The fourth-order valence-electron chi connectivity index (χ4n) is 3.61. The molecule has 2 aromatic carbocycles. The molecule has 1 saturated heterocycles. The summed E-state index contributed by atoms with van der Waals surface area (Å²) in [6.45, 7) is 3.33. The number of morpholine rings is 1. The van der Waals surface area contributed by atoms with Crippen LogP contribution in [0.1, 0.15) is 22.0 Å². The lowest BCUT2D eigenvalue weighted by atomic mass is 10.0. The molecule has 0 saturated carbocycles. The van der Waals surface area contributed by atoms with E-state index in [1.165, 1.54) is 12.1 Å². The molecule has 6 heteroatoms. The number of rotatable bonds is 6. The van der Waals surface area contributed by atoms with Crippen molar-refractivity contribution in [3.63, 3.8) is 0 Å². The van der Waals surface area contributed by atoms with E-state index in [2.05, 4.69) is 10.2 Å². The first-order valence-corrected chi connectivity index (χ1v) is 9.79. The monoisotopic (exact) mass is 393 g/mol. The first kappa shape index (κ1) is 19.4. The molecule has 0 aliphatic carbocycles. The summed E-state index contributed by atoms with van der Waals surface area (Å²) in [6.07, 6.45) is 3.93. The van der Waals surface area contributed by atoms with Crippen LogP contribution < -0.4 is 5.32 Å². The molecule has 4 rings (SSSR count). The normalized spacial score (nSPS) is 15.8. The van der Waals surface area contributed by atoms with Crippen LogP contribution in [-0.4, -0.2) is 48.2 Å². The Morgan fingerprint density at radius 1 is 1.00 bits per heavy atom. The van der Waals surface area contributed by atoms with E-state index in [9.17, 15) is 9.18 Å². The zero-order valence-corrected chi connectivity index (χ0v) is 16.1. The number of nitrogens with zero attached hydrogens (tertiary/aromatic N) is 2. The van der Waals surface area contributed by atoms with Crippen molar-refractivity contribution in [3.05, 3.63) is 90.0 Å². The Balaban J connectivity index is 1.44. The smallest absolute Gasteiger partial charge is 0.251 e. The minimum atomic E-state index is -0.263. The molecule has 1 unspecified atom stereocenters. The molecule has 1 aromatic heterocycles. The molecular weight excluding hydrogens is 369 g/mol. The first-order valence-electron chi connectivity index (χ1n) is 9.79. The lowest BCUT2D eigenvalue weighted by molar-refractivity contribution is 0.0162. The Morgan fingerprint density at radius 2 is 1.66 bits per heavy atom. The number of nitrogens with one attached hydrogen (secondary N) is 1. The first-order chi connectivity index (χ1) is 14.2. The average molecular weight is 393 g/mol. The van der Waals surface area contributed by atoms with Gasteiger partial charge in [-0.05, 0) is 54.1 Å². The second-order valence-corrected chi connectivity index (χ2v) is 7.06. The van der Waals surface area contributed by atoms with Crippen LogP contribution in [0.5, 0.6) is 0 Å². The third-order valence-electron chi connectivity index (χ3n) is 5.23. The molecule has 1 aliphatic rings. The van der Waals surface area contributed by atoms with Crippen molar-refractivity contribution in [2.75, 3.05) is 32.8 Å². The number of halogens is 1. The van der Waals surface area contributed by atoms with Gasteiger partial charge in [0.05, 0.1) is 19.3 Å². The summed E-state index contributed by atoms with van der Waals surface area (Å²) in [5.74, 6) is -0.384. The third kappa shape index (κ3) is 4.72. The zero-order chi connectivity index (χ0) is 20.1. The van der Waals surface area contributed by atoms with Gasteiger partial charge in [-0.3, -0.25) is 9.69 Å². The molecule has 1 aliphatic heterocycles. The van der Waals surface area contributed by atoms with Gasteiger partial charge in [-0.25, -0.2) is 4.39 Å². The predicted octanol–water partition coefficient (Wildman–Crippen LogP) is 3.42. The molecule has 29 heavy (non-hydrogen) atoms. The standard InChI is InChI=1S/C23H24FN3O2/c24-20-7-3-18(4-8-20)22(27-13-15-29-16-14-27)17-25-23(28)19-5-9-21(10-6-19)26-11-1-2-12-26/h1-12,22H,13-17H2,(H,25,28). The molecule has 5 nitrogen and oxygen atoms in total. The van der Waals surface area contributed by atoms with Crippen molar-refractivity contribution < 1.29 is 13.9 Å². The fraction of sp³-hybridized carbons (Fsp3) is 0.261. The summed E-state index contributed by atoms with van der Waals surface area (Å²) in [7, 11) is 0. The lowest BCUT2D eigenvalue weighted by Gasteiger charge is -2.35. The Kier molecular flexibility index (Phi) is 6.03. The third-order valence-corrected chi connectivity index (χ3v) is 5.23. The number of hydrogen-bond donors (Lipinski definition) is 1. The van der Waals surface area contributed by atoms with Crippen molar-refractivity contribution in [2.24, 2.45) is 0 Å². The van der Waals surface area contributed by atoms with Gasteiger partial charge in [0.15, 0.2) is 0 Å². The van der Waals surface area contributed by atoms with Crippen molar-refractivity contribution >= 4 is 5.91 Å². The number of amides is 1. The quantitative estimate of drug-likeness (QED) is 0.698. The fourth-order valence-corrected chi connectivity index (χ4v) is 3.61. The average Bonchev–Trinajstić information content (AvgIpc) is 3.31. The van der Waals surface area contributed by atoms with Gasteiger partial charge in [-0.1, -0.05) is 12.1 Å². The maximum absolute atomic E-state index is 13.4. The number of aromatic nitrogens is 1. The van der Waals surface area contributed by atoms with Crippen LogP contribution in [0, 0.1) is 5.82 Å². The maximum Gasteiger partial charge on any atom is 0.251 e. The van der Waals surface area contributed by atoms with E-state index in [1.807, 2.05) is 53.4 Å². The molecular formula is C23H24FN3O2. The minimum Gasteiger partial charge on any atom is -0.379 e. The van der Waals surface area contributed by atoms with Crippen LogP contribution in [0.2, 0.25) is 0 Å². The number of ether oxygens (including phenoxy) is 1. The van der Waals surface area contributed by atoms with Crippen molar-refractivity contribution in [3.8, 4) is 5.69 Å². The van der Waals surface area contributed by atoms with Crippen LogP contribution in [0.25, 0.3) is 5.69 Å². The van der Waals surface area contributed by atoms with Crippen LogP contribution in [0.3, 0.4) is 0 Å². The van der Waals surface area contributed by atoms with E-state index in [-0.39, 0.29) is 17.8 Å². The number of carbonyl (C=O) groups is 1. The highest BCUT2D eigenvalue weighted by Gasteiger charge is 2.23. The van der Waals surface area contributed by atoms with Gasteiger partial charge in [0, 0.05) is 43.3 Å². The number of carbonyl (C=O) groups excluding carboxylic acids is 1. The molecule has 0 bridgehead atoms. The summed E-state index contributed by atoms with van der Waals surface area (Å²) < 4.78 is 20.8. The lowest BCUT2D eigenvalue weighted by Crippen LogP contribution is -2.43. The molecule has 2 heterocycles. The summed E-state index contributed by atoms with van der Waals surface area (Å²) in [5.41, 5.74) is 2.60. The van der Waals surface area contributed by atoms with Crippen LogP contribution in [0.15, 0.2) is 73.1 Å². The minimum absolute atomic E-state index is 0.0254. The summed E-state index contributed by atoms with van der Waals surface area (Å²) in [6, 6.07) is 17.9. The van der Waals surface area contributed by atoms with Gasteiger partial charge in [0.2, 0.25) is 0 Å². The van der Waals surface area contributed by atoms with Crippen LogP contribution >= 0.6 is 0 Å². The molecule has 1 amide bonds. The second kappa shape index (κ2) is 9.03. The second-order valence-electron chi connectivity index (χ2n) is 7.06. The van der Waals surface area contributed by atoms with E-state index < -0.39 is 0 Å². The van der Waals surface area contributed by atoms with Gasteiger partial charge >= 0.3 is 0 Å². The van der Waals surface area contributed by atoms with Crippen LogP contribution in [0.4, 0.5) is 4.39 Å². The Morgan fingerprint density at radius 3 is 2.31 bits per heavy atom. The van der Waals surface area contributed by atoms with E-state index >= 15 is 0 Å². The molecule has 1 N–H and O–H groups in total. The molecule has 0 spiro atoms. The van der Waals surface area contributed by atoms with E-state index in [0.29, 0.717) is 25.3 Å². The number of hydrogen-bond acceptors (Lipinski definition) is 3. The van der Waals surface area contributed by atoms with Crippen molar-refractivity contribution in [1.29, 1.82) is 0 Å². The topological polar surface area (TPSA) is 46.5 Å². The summed E-state index contributed by atoms with van der Waals surface area (Å²) >= 11 is 0. The highest BCUT2D eigenvalue weighted by Crippen LogP contribution is 2.22.